The number of amides is 2. The van der Waals surface area contributed by atoms with Gasteiger partial charge < -0.3 is 10.2 Å². The predicted molar refractivity (Wildman–Crippen MR) is 97.0 cm³/mol. The van der Waals surface area contributed by atoms with Gasteiger partial charge in [-0.05, 0) is 17.7 Å². The van der Waals surface area contributed by atoms with E-state index in [4.69, 9.17) is 0 Å². The molecule has 1 saturated heterocycles. The SMILES string of the molecule is O=C(N[C@H](C(=O)N1CCSCC1)c1ccccc1)c1ccccc1. The van der Waals surface area contributed by atoms with Crippen molar-refractivity contribution in [3.8, 4) is 0 Å². The molecule has 24 heavy (non-hydrogen) atoms. The molecular weight excluding hydrogens is 320 g/mol. The predicted octanol–water partition coefficient (Wildman–Crippen LogP) is 2.73. The molecule has 0 saturated carbocycles. The summed E-state index contributed by atoms with van der Waals surface area (Å²) in [5.74, 6) is 1.62. The molecule has 1 N–H and O–H groups in total. The second-order valence-electron chi connectivity index (χ2n) is 5.62. The summed E-state index contributed by atoms with van der Waals surface area (Å²) in [6.07, 6.45) is 0. The highest BCUT2D eigenvalue weighted by atomic mass is 32.2. The third-order valence-corrected chi connectivity index (χ3v) is 4.96. The van der Waals surface area contributed by atoms with Gasteiger partial charge in [-0.2, -0.15) is 11.8 Å². The van der Waals surface area contributed by atoms with Crippen LogP contribution in [0.25, 0.3) is 0 Å². The molecule has 0 aromatic heterocycles. The molecule has 1 atom stereocenters. The molecule has 1 aliphatic rings. The van der Waals surface area contributed by atoms with Gasteiger partial charge in [-0.15, -0.1) is 0 Å². The van der Waals surface area contributed by atoms with E-state index in [1.54, 1.807) is 12.1 Å². The van der Waals surface area contributed by atoms with E-state index in [1.165, 1.54) is 0 Å². The Morgan fingerprint density at radius 2 is 1.50 bits per heavy atom. The van der Waals surface area contributed by atoms with Crippen LogP contribution in [0.3, 0.4) is 0 Å². The summed E-state index contributed by atoms with van der Waals surface area (Å²) in [7, 11) is 0. The summed E-state index contributed by atoms with van der Waals surface area (Å²) < 4.78 is 0. The number of hydrogen-bond donors (Lipinski definition) is 1. The van der Waals surface area contributed by atoms with Crippen molar-refractivity contribution >= 4 is 23.6 Å². The van der Waals surface area contributed by atoms with E-state index in [1.807, 2.05) is 65.2 Å². The number of carbonyl (C=O) groups is 2. The minimum absolute atomic E-state index is 0.0363. The zero-order valence-electron chi connectivity index (χ0n) is 13.4. The minimum atomic E-state index is -0.651. The van der Waals surface area contributed by atoms with Crippen molar-refractivity contribution in [2.24, 2.45) is 0 Å². The zero-order valence-corrected chi connectivity index (χ0v) is 14.2. The molecule has 1 fully saturated rings. The van der Waals surface area contributed by atoms with Crippen molar-refractivity contribution in [3.63, 3.8) is 0 Å². The van der Waals surface area contributed by atoms with Gasteiger partial charge in [-0.25, -0.2) is 0 Å². The molecule has 3 rings (SSSR count). The quantitative estimate of drug-likeness (QED) is 0.931. The van der Waals surface area contributed by atoms with Crippen molar-refractivity contribution in [1.29, 1.82) is 0 Å². The van der Waals surface area contributed by atoms with Crippen LogP contribution in [-0.2, 0) is 4.79 Å². The van der Waals surface area contributed by atoms with Gasteiger partial charge in [0.2, 0.25) is 5.91 Å². The van der Waals surface area contributed by atoms with Gasteiger partial charge >= 0.3 is 0 Å². The van der Waals surface area contributed by atoms with Crippen molar-refractivity contribution < 1.29 is 9.59 Å². The van der Waals surface area contributed by atoms with E-state index in [0.717, 1.165) is 30.2 Å². The molecule has 0 unspecified atom stereocenters. The van der Waals surface area contributed by atoms with Gasteiger partial charge in [0.15, 0.2) is 0 Å². The van der Waals surface area contributed by atoms with E-state index in [9.17, 15) is 9.59 Å². The maximum Gasteiger partial charge on any atom is 0.252 e. The van der Waals surface area contributed by atoms with Gasteiger partial charge in [-0.1, -0.05) is 48.5 Å². The highest BCUT2D eigenvalue weighted by Gasteiger charge is 2.28. The molecule has 5 heteroatoms. The molecular formula is C19H20N2O2S. The standard InChI is InChI=1S/C19H20N2O2S/c22-18(16-9-5-2-6-10-16)20-17(15-7-3-1-4-8-15)19(23)21-11-13-24-14-12-21/h1-10,17H,11-14H2,(H,20,22)/t17-/m0/s1. The van der Waals surface area contributed by atoms with Crippen LogP contribution < -0.4 is 5.32 Å². The Labute approximate surface area is 146 Å². The first-order chi connectivity index (χ1) is 11.8. The zero-order chi connectivity index (χ0) is 16.8. The first kappa shape index (κ1) is 16.6. The van der Waals surface area contributed by atoms with E-state index in [-0.39, 0.29) is 11.8 Å². The second kappa shape index (κ2) is 8.02. The molecule has 2 amide bonds. The monoisotopic (exact) mass is 340 g/mol. The van der Waals surface area contributed by atoms with Gasteiger partial charge in [0.25, 0.3) is 5.91 Å². The average Bonchev–Trinajstić information content (AvgIpc) is 2.67. The summed E-state index contributed by atoms with van der Waals surface area (Å²) in [4.78, 5) is 27.3. The van der Waals surface area contributed by atoms with Gasteiger partial charge in [0, 0.05) is 30.2 Å². The highest BCUT2D eigenvalue weighted by molar-refractivity contribution is 7.99. The molecule has 2 aromatic rings. The Balaban J connectivity index is 1.82. The Morgan fingerprint density at radius 1 is 0.917 bits per heavy atom. The Kier molecular flexibility index (Phi) is 5.54. The lowest BCUT2D eigenvalue weighted by molar-refractivity contribution is -0.133. The molecule has 1 heterocycles. The van der Waals surface area contributed by atoms with Gasteiger partial charge in [0.1, 0.15) is 6.04 Å². The van der Waals surface area contributed by atoms with Crippen molar-refractivity contribution in [2.75, 3.05) is 24.6 Å². The number of nitrogens with one attached hydrogen (secondary N) is 1. The molecule has 0 radical (unpaired) electrons. The smallest absolute Gasteiger partial charge is 0.252 e. The Bertz CT molecular complexity index is 685. The topological polar surface area (TPSA) is 49.4 Å². The molecule has 0 spiro atoms. The molecule has 0 bridgehead atoms. The van der Waals surface area contributed by atoms with Crippen LogP contribution in [0, 0.1) is 0 Å². The number of thioether (sulfide) groups is 1. The maximum atomic E-state index is 13.0. The van der Waals surface area contributed by atoms with Crippen LogP contribution >= 0.6 is 11.8 Å². The lowest BCUT2D eigenvalue weighted by Crippen LogP contribution is -2.46. The van der Waals surface area contributed by atoms with E-state index in [0.29, 0.717) is 5.56 Å². The number of carbonyl (C=O) groups excluding carboxylic acids is 2. The van der Waals surface area contributed by atoms with Crippen molar-refractivity contribution in [3.05, 3.63) is 71.8 Å². The molecule has 2 aromatic carbocycles. The highest BCUT2D eigenvalue weighted by Crippen LogP contribution is 2.19. The van der Waals surface area contributed by atoms with Crippen LogP contribution in [0.4, 0.5) is 0 Å². The lowest BCUT2D eigenvalue weighted by Gasteiger charge is -2.30. The number of benzene rings is 2. The number of hydrogen-bond acceptors (Lipinski definition) is 3. The average molecular weight is 340 g/mol. The van der Waals surface area contributed by atoms with E-state index < -0.39 is 6.04 Å². The number of rotatable bonds is 4. The Hall–Kier alpha value is -2.27. The summed E-state index contributed by atoms with van der Waals surface area (Å²) in [5.41, 5.74) is 1.37. The third-order valence-electron chi connectivity index (χ3n) is 4.01. The largest absolute Gasteiger partial charge is 0.339 e. The molecule has 0 aliphatic carbocycles. The first-order valence-corrected chi connectivity index (χ1v) is 9.18. The van der Waals surface area contributed by atoms with Crippen molar-refractivity contribution in [2.45, 2.75) is 6.04 Å². The Morgan fingerprint density at radius 3 is 2.12 bits per heavy atom. The van der Waals surface area contributed by atoms with Crippen LogP contribution in [0.1, 0.15) is 22.0 Å². The van der Waals surface area contributed by atoms with Crippen molar-refractivity contribution in [1.82, 2.24) is 10.2 Å². The van der Waals surface area contributed by atoms with Crippen LogP contribution in [0.5, 0.6) is 0 Å². The maximum absolute atomic E-state index is 13.0. The fourth-order valence-corrected chi connectivity index (χ4v) is 3.61. The van der Waals surface area contributed by atoms with Crippen LogP contribution in [-0.4, -0.2) is 41.3 Å². The first-order valence-electron chi connectivity index (χ1n) is 8.03. The summed E-state index contributed by atoms with van der Waals surface area (Å²) in [6.45, 7) is 1.46. The second-order valence-corrected chi connectivity index (χ2v) is 6.85. The lowest BCUT2D eigenvalue weighted by atomic mass is 10.0. The molecule has 124 valence electrons. The van der Waals surface area contributed by atoms with Gasteiger partial charge in [0.05, 0.1) is 0 Å². The normalized spacial score (nSPS) is 15.6. The number of nitrogens with zero attached hydrogens (tertiary/aromatic N) is 1. The molecule has 4 nitrogen and oxygen atoms in total. The van der Waals surface area contributed by atoms with E-state index >= 15 is 0 Å². The summed E-state index contributed by atoms with van der Waals surface area (Å²) in [6, 6.07) is 17.8. The molecule has 1 aliphatic heterocycles. The van der Waals surface area contributed by atoms with E-state index in [2.05, 4.69) is 5.32 Å². The fourth-order valence-electron chi connectivity index (χ4n) is 2.70. The minimum Gasteiger partial charge on any atom is -0.339 e. The fraction of sp³-hybridized carbons (Fsp3) is 0.263. The summed E-state index contributed by atoms with van der Waals surface area (Å²) in [5, 5.41) is 2.91. The van der Waals surface area contributed by atoms with Crippen LogP contribution in [0.15, 0.2) is 60.7 Å². The van der Waals surface area contributed by atoms with Gasteiger partial charge in [-0.3, -0.25) is 9.59 Å². The third kappa shape index (κ3) is 3.97. The summed E-state index contributed by atoms with van der Waals surface area (Å²) >= 11 is 1.85. The van der Waals surface area contributed by atoms with Crippen LogP contribution in [0.2, 0.25) is 0 Å².